The number of halogens is 8. The van der Waals surface area contributed by atoms with Gasteiger partial charge < -0.3 is 20.1 Å². The molecule has 1 aromatic carbocycles. The molecule has 270 valence electrons. The summed E-state index contributed by atoms with van der Waals surface area (Å²) in [5, 5.41) is 34.4. The number of aliphatic hydroxyl groups is 1. The van der Waals surface area contributed by atoms with Gasteiger partial charge in [-0.3, -0.25) is 0 Å². The van der Waals surface area contributed by atoms with Gasteiger partial charge in [0.2, 0.25) is 0 Å². The van der Waals surface area contributed by atoms with Gasteiger partial charge in [0.1, 0.15) is 11.6 Å². The Bertz CT molecular complexity index is 1220. The van der Waals surface area contributed by atoms with Gasteiger partial charge >= 0.3 is 18.0 Å². The van der Waals surface area contributed by atoms with Gasteiger partial charge in [-0.25, -0.2) is 4.39 Å². The summed E-state index contributed by atoms with van der Waals surface area (Å²) in [6.07, 6.45) is 0.358. The quantitative estimate of drug-likeness (QED) is 0.0836. The Kier molecular flexibility index (Phi) is 11.3. The van der Waals surface area contributed by atoms with Crippen molar-refractivity contribution in [2.24, 2.45) is 23.2 Å². The molecule has 0 aliphatic heterocycles. The van der Waals surface area contributed by atoms with Gasteiger partial charge in [-0.15, -0.1) is 0 Å². The van der Waals surface area contributed by atoms with Crippen molar-refractivity contribution >= 4 is 0 Å². The van der Waals surface area contributed by atoms with Crippen molar-refractivity contribution in [1.29, 1.82) is 0 Å². The summed E-state index contributed by atoms with van der Waals surface area (Å²) in [5.74, 6) is -10.8. The molecule has 1 unspecified atom stereocenters. The van der Waals surface area contributed by atoms with E-state index in [1.165, 1.54) is 6.07 Å². The molecule has 0 radical (unpaired) electrons. The van der Waals surface area contributed by atoms with E-state index in [9.17, 15) is 46.2 Å². The molecule has 0 saturated heterocycles. The smallest absolute Gasteiger partial charge is 0.459 e. The largest absolute Gasteiger partial charge is 0.633 e. The molecule has 2 N–H and O–H groups in total. The topological polar surface area (TPSA) is 63.5 Å². The van der Waals surface area contributed by atoms with Crippen molar-refractivity contribution in [3.63, 3.8) is 0 Å². The van der Waals surface area contributed by atoms with Gasteiger partial charge in [-0.05, 0) is 124 Å². The standard InChI is InChI=1S/C35H51F8NO3/c1-31-16-13-26-29(27(31)14-17-32(31,2)46)23(20-24-21-25(45)22-28(36)30(24)26)12-8-7-11-19-44(3,47)18-10-6-4-5-9-15-33(37,38)34(39,40)35(41,42)43/h21-23,26-27,29,45-46H,4-20H2,1-3H3/t23-,26+,27+,29-,31+,32+,44?/m1/s1. The number of benzene rings is 1. The number of fused-ring (bicyclic) bond motifs is 5. The van der Waals surface area contributed by atoms with Crippen molar-refractivity contribution in [2.75, 3.05) is 20.1 Å². The second-order valence-corrected chi connectivity index (χ2v) is 15.4. The average molecular weight is 686 g/mol. The Morgan fingerprint density at radius 2 is 1.47 bits per heavy atom. The summed E-state index contributed by atoms with van der Waals surface area (Å²) >= 11 is 0. The lowest BCUT2D eigenvalue weighted by Gasteiger charge is -2.55. The Balaban J connectivity index is 1.21. The van der Waals surface area contributed by atoms with Crippen LogP contribution in [0.2, 0.25) is 0 Å². The Hall–Kier alpha value is -1.66. The maximum atomic E-state index is 15.2. The molecular formula is C35H51F8NO3. The number of unbranched alkanes of at least 4 members (excludes halogenated alkanes) is 6. The van der Waals surface area contributed by atoms with Crippen molar-refractivity contribution in [1.82, 2.24) is 0 Å². The number of phenolic OH excluding ortho intramolecular Hbond substituents is 1. The molecule has 7 atom stereocenters. The fraction of sp³-hybridized carbons (Fsp3) is 0.829. The van der Waals surface area contributed by atoms with Gasteiger partial charge in [0.15, 0.2) is 0 Å². The first-order valence-electron chi connectivity index (χ1n) is 17.3. The minimum atomic E-state index is -6.31. The van der Waals surface area contributed by atoms with Gasteiger partial charge in [0.25, 0.3) is 0 Å². The minimum Gasteiger partial charge on any atom is -0.633 e. The van der Waals surface area contributed by atoms with E-state index in [1.54, 1.807) is 13.1 Å². The van der Waals surface area contributed by atoms with E-state index in [-0.39, 0.29) is 47.1 Å². The zero-order chi connectivity index (χ0) is 35.1. The van der Waals surface area contributed by atoms with Gasteiger partial charge in [-0.1, -0.05) is 26.2 Å². The first-order valence-corrected chi connectivity index (χ1v) is 17.3. The fourth-order valence-electron chi connectivity index (χ4n) is 9.22. The Labute approximate surface area is 273 Å². The minimum absolute atomic E-state index is 0.0512. The third-order valence-corrected chi connectivity index (χ3v) is 12.1. The number of hydrogen-bond acceptors (Lipinski definition) is 3. The van der Waals surface area contributed by atoms with Crippen LogP contribution in [0.25, 0.3) is 0 Å². The summed E-state index contributed by atoms with van der Waals surface area (Å²) in [6.45, 7) is 4.80. The van der Waals surface area contributed by atoms with Gasteiger partial charge in [0, 0.05) is 12.5 Å². The molecule has 0 bridgehead atoms. The molecule has 2 saturated carbocycles. The van der Waals surface area contributed by atoms with Gasteiger partial charge in [-0.2, -0.15) is 30.7 Å². The molecule has 0 aromatic heterocycles. The lowest BCUT2D eigenvalue weighted by molar-refractivity contribution is -0.861. The molecule has 0 heterocycles. The Morgan fingerprint density at radius 1 is 0.872 bits per heavy atom. The number of hydroxylamine groups is 3. The number of aromatic hydroxyl groups is 1. The Morgan fingerprint density at radius 3 is 2.11 bits per heavy atom. The van der Waals surface area contributed by atoms with E-state index in [4.69, 9.17) is 0 Å². The van der Waals surface area contributed by atoms with Crippen LogP contribution in [0.1, 0.15) is 121 Å². The molecule has 2 fully saturated rings. The molecule has 0 spiro atoms. The van der Waals surface area contributed by atoms with Crippen LogP contribution in [0.3, 0.4) is 0 Å². The van der Waals surface area contributed by atoms with E-state index in [1.807, 2.05) is 6.92 Å². The SMILES string of the molecule is C[C@]1(O)CC[C@H]2[C@@H]3[C@H](CCCCC[N+](C)([O-])CCCCCCCC(F)(F)C(F)(F)C(F)(F)F)Cc4cc(O)cc(F)c4[C@H]3CC[C@@]21C. The highest BCUT2D eigenvalue weighted by Crippen LogP contribution is 2.66. The molecule has 4 rings (SSSR count). The van der Waals surface area contributed by atoms with Crippen molar-refractivity contribution < 1.29 is 50.0 Å². The predicted octanol–water partition coefficient (Wildman–Crippen LogP) is 10.0. The van der Waals surface area contributed by atoms with Crippen LogP contribution in [0, 0.1) is 34.2 Å². The van der Waals surface area contributed by atoms with Crippen LogP contribution in [0.15, 0.2) is 12.1 Å². The van der Waals surface area contributed by atoms with E-state index in [0.717, 1.165) is 56.1 Å². The molecule has 47 heavy (non-hydrogen) atoms. The lowest BCUT2D eigenvalue weighted by atomic mass is 9.50. The zero-order valence-electron chi connectivity index (χ0n) is 27.8. The van der Waals surface area contributed by atoms with E-state index in [0.29, 0.717) is 45.2 Å². The molecule has 12 heteroatoms. The highest BCUT2D eigenvalue weighted by molar-refractivity contribution is 5.42. The second-order valence-electron chi connectivity index (χ2n) is 15.4. The summed E-state index contributed by atoms with van der Waals surface area (Å²) in [6, 6.07) is 2.91. The summed E-state index contributed by atoms with van der Waals surface area (Å²) < 4.78 is 104. The highest BCUT2D eigenvalue weighted by Gasteiger charge is 2.72. The lowest BCUT2D eigenvalue weighted by Crippen LogP contribution is -2.51. The van der Waals surface area contributed by atoms with Crippen molar-refractivity contribution in [2.45, 2.75) is 140 Å². The number of nitrogens with zero attached hydrogens (tertiary/aromatic N) is 1. The van der Waals surface area contributed by atoms with E-state index in [2.05, 4.69) is 6.92 Å². The van der Waals surface area contributed by atoms with Crippen LogP contribution >= 0.6 is 0 Å². The van der Waals surface area contributed by atoms with E-state index >= 15 is 4.39 Å². The van der Waals surface area contributed by atoms with Crippen LogP contribution in [-0.4, -0.2) is 58.6 Å². The number of phenols is 1. The first-order chi connectivity index (χ1) is 21.6. The normalized spacial score (nSPS) is 30.8. The number of rotatable bonds is 15. The van der Waals surface area contributed by atoms with Crippen LogP contribution in [-0.2, 0) is 6.42 Å². The molecule has 4 nitrogen and oxygen atoms in total. The first kappa shape index (κ1) is 38.1. The maximum absolute atomic E-state index is 15.2. The molecular weight excluding hydrogens is 634 g/mol. The monoisotopic (exact) mass is 685 g/mol. The molecule has 0 amide bonds. The van der Waals surface area contributed by atoms with Crippen LogP contribution in [0.4, 0.5) is 35.1 Å². The second kappa shape index (κ2) is 13.9. The van der Waals surface area contributed by atoms with Crippen LogP contribution in [0.5, 0.6) is 5.75 Å². The number of quaternary nitrogens is 1. The summed E-state index contributed by atoms with van der Waals surface area (Å²) in [4.78, 5) is 0. The number of alkyl halides is 7. The average Bonchev–Trinajstić information content (AvgIpc) is 3.19. The summed E-state index contributed by atoms with van der Waals surface area (Å²) in [7, 11) is 1.57. The molecule has 3 aliphatic carbocycles. The number of hydrogen-bond donors (Lipinski definition) is 2. The van der Waals surface area contributed by atoms with Gasteiger partial charge in [0.05, 0.1) is 25.7 Å². The predicted molar refractivity (Wildman–Crippen MR) is 164 cm³/mol. The van der Waals surface area contributed by atoms with Crippen molar-refractivity contribution in [3.8, 4) is 5.75 Å². The summed E-state index contributed by atoms with van der Waals surface area (Å²) in [5.41, 5.74) is 0.615. The van der Waals surface area contributed by atoms with Crippen LogP contribution < -0.4 is 0 Å². The highest BCUT2D eigenvalue weighted by atomic mass is 19.4. The third-order valence-electron chi connectivity index (χ3n) is 12.1. The fourth-order valence-corrected chi connectivity index (χ4v) is 9.22. The zero-order valence-corrected chi connectivity index (χ0v) is 27.8. The maximum Gasteiger partial charge on any atom is 0.459 e. The molecule has 1 aromatic rings. The third kappa shape index (κ3) is 7.89. The van der Waals surface area contributed by atoms with E-state index < -0.39 is 41.1 Å². The molecule has 3 aliphatic rings. The van der Waals surface area contributed by atoms with Crippen molar-refractivity contribution in [3.05, 3.63) is 34.3 Å².